The summed E-state index contributed by atoms with van der Waals surface area (Å²) in [5.74, 6) is 0.363. The van der Waals surface area contributed by atoms with E-state index >= 15 is 0 Å². The van der Waals surface area contributed by atoms with E-state index in [4.69, 9.17) is 0 Å². The number of hydrogen-bond donors (Lipinski definition) is 0. The van der Waals surface area contributed by atoms with Gasteiger partial charge in [0, 0.05) is 37.8 Å². The zero-order valence-corrected chi connectivity index (χ0v) is 18.4. The standard InChI is InChI=1S/C24H25FN6O2/c1-16(31-23(32)10-9-21(28-31)17-5-7-19(25)8-6-17)24(33)30-13-11-29(12-14-30)22-15-18-3-2-4-20(18)26-27-22/h5-10,15-16H,2-4,11-14H2,1H3/t16-/m0/s1. The first-order valence-electron chi connectivity index (χ1n) is 11.2. The molecule has 1 fully saturated rings. The second-order valence-electron chi connectivity index (χ2n) is 8.52. The highest BCUT2D eigenvalue weighted by Gasteiger charge is 2.28. The van der Waals surface area contributed by atoms with E-state index in [1.807, 2.05) is 0 Å². The molecule has 0 unspecified atom stereocenters. The first-order chi connectivity index (χ1) is 16.0. The predicted molar refractivity (Wildman–Crippen MR) is 121 cm³/mol. The van der Waals surface area contributed by atoms with Crippen molar-refractivity contribution in [2.24, 2.45) is 0 Å². The average Bonchev–Trinajstić information content (AvgIpc) is 3.32. The molecule has 1 saturated heterocycles. The van der Waals surface area contributed by atoms with E-state index in [1.165, 1.54) is 28.4 Å². The van der Waals surface area contributed by atoms with E-state index in [1.54, 1.807) is 30.0 Å². The maximum absolute atomic E-state index is 13.2. The van der Waals surface area contributed by atoms with Crippen molar-refractivity contribution >= 4 is 11.7 Å². The number of aromatic nitrogens is 4. The van der Waals surface area contributed by atoms with Crippen LogP contribution in [-0.4, -0.2) is 57.0 Å². The van der Waals surface area contributed by atoms with Crippen LogP contribution >= 0.6 is 0 Å². The van der Waals surface area contributed by atoms with Crippen LogP contribution in [0.2, 0.25) is 0 Å². The molecule has 1 amide bonds. The summed E-state index contributed by atoms with van der Waals surface area (Å²) in [6.45, 7) is 4.07. The molecule has 3 aromatic rings. The van der Waals surface area contributed by atoms with Crippen LogP contribution in [0, 0.1) is 5.82 Å². The number of fused-ring (bicyclic) bond motifs is 1. The fourth-order valence-corrected chi connectivity index (χ4v) is 4.47. The van der Waals surface area contributed by atoms with Gasteiger partial charge in [-0.2, -0.15) is 10.2 Å². The lowest BCUT2D eigenvalue weighted by atomic mass is 10.1. The molecular weight excluding hydrogens is 423 g/mol. The molecule has 1 atom stereocenters. The molecule has 9 heteroatoms. The van der Waals surface area contributed by atoms with Gasteiger partial charge >= 0.3 is 0 Å². The number of rotatable bonds is 4. The van der Waals surface area contributed by atoms with E-state index in [-0.39, 0.29) is 17.3 Å². The summed E-state index contributed by atoms with van der Waals surface area (Å²) < 4.78 is 14.5. The number of benzene rings is 1. The van der Waals surface area contributed by atoms with E-state index in [2.05, 4.69) is 26.3 Å². The van der Waals surface area contributed by atoms with Gasteiger partial charge in [0.25, 0.3) is 5.56 Å². The summed E-state index contributed by atoms with van der Waals surface area (Å²) in [7, 11) is 0. The Kier molecular flexibility index (Phi) is 5.62. The lowest BCUT2D eigenvalue weighted by Gasteiger charge is -2.36. The third-order valence-electron chi connectivity index (χ3n) is 6.41. The number of carbonyl (C=O) groups excluding carboxylic acids is 1. The summed E-state index contributed by atoms with van der Waals surface area (Å²) >= 11 is 0. The Hall–Kier alpha value is -3.62. The Morgan fingerprint density at radius 3 is 2.52 bits per heavy atom. The molecule has 1 aliphatic heterocycles. The molecule has 2 aliphatic rings. The van der Waals surface area contributed by atoms with Crippen molar-refractivity contribution < 1.29 is 9.18 Å². The average molecular weight is 449 g/mol. The Bertz CT molecular complexity index is 1230. The maximum atomic E-state index is 13.2. The van der Waals surface area contributed by atoms with Gasteiger partial charge in [0.15, 0.2) is 5.82 Å². The summed E-state index contributed by atoms with van der Waals surface area (Å²) in [6.07, 6.45) is 3.18. The lowest BCUT2D eigenvalue weighted by Crippen LogP contribution is -2.51. The van der Waals surface area contributed by atoms with Crippen molar-refractivity contribution in [3.8, 4) is 11.3 Å². The van der Waals surface area contributed by atoms with Gasteiger partial charge < -0.3 is 9.80 Å². The third kappa shape index (κ3) is 4.22. The maximum Gasteiger partial charge on any atom is 0.267 e. The molecule has 8 nitrogen and oxygen atoms in total. The monoisotopic (exact) mass is 448 g/mol. The number of carbonyl (C=O) groups is 1. The molecule has 0 radical (unpaired) electrons. The number of amides is 1. The number of anilines is 1. The van der Waals surface area contributed by atoms with Crippen LogP contribution in [0.5, 0.6) is 0 Å². The van der Waals surface area contributed by atoms with Gasteiger partial charge in [-0.25, -0.2) is 9.07 Å². The quantitative estimate of drug-likeness (QED) is 0.609. The molecule has 0 saturated carbocycles. The Morgan fingerprint density at radius 1 is 1.00 bits per heavy atom. The summed E-state index contributed by atoms with van der Waals surface area (Å²) in [5, 5.41) is 13.1. The van der Waals surface area contributed by atoms with E-state index in [0.717, 1.165) is 30.8 Å². The van der Waals surface area contributed by atoms with Crippen LogP contribution in [-0.2, 0) is 17.6 Å². The normalized spacial score (nSPS) is 16.5. The highest BCUT2D eigenvalue weighted by atomic mass is 19.1. The van der Waals surface area contributed by atoms with Crippen molar-refractivity contribution in [2.75, 3.05) is 31.1 Å². The predicted octanol–water partition coefficient (Wildman–Crippen LogP) is 2.24. The van der Waals surface area contributed by atoms with Gasteiger partial charge in [-0.3, -0.25) is 9.59 Å². The van der Waals surface area contributed by atoms with Crippen molar-refractivity contribution in [3.63, 3.8) is 0 Å². The van der Waals surface area contributed by atoms with Gasteiger partial charge in [0.1, 0.15) is 11.9 Å². The minimum atomic E-state index is -0.746. The molecule has 170 valence electrons. The van der Waals surface area contributed by atoms with Crippen molar-refractivity contribution in [3.05, 3.63) is 69.9 Å². The van der Waals surface area contributed by atoms with Crippen LogP contribution < -0.4 is 10.5 Å². The minimum Gasteiger partial charge on any atom is -0.352 e. The van der Waals surface area contributed by atoms with Crippen LogP contribution in [0.4, 0.5) is 10.2 Å². The highest BCUT2D eigenvalue weighted by molar-refractivity contribution is 5.80. The fraction of sp³-hybridized carbons (Fsp3) is 0.375. The fourth-order valence-electron chi connectivity index (χ4n) is 4.47. The largest absolute Gasteiger partial charge is 0.352 e. The first-order valence-corrected chi connectivity index (χ1v) is 11.2. The van der Waals surface area contributed by atoms with E-state index in [0.29, 0.717) is 37.4 Å². The van der Waals surface area contributed by atoms with Crippen molar-refractivity contribution in [1.29, 1.82) is 0 Å². The summed E-state index contributed by atoms with van der Waals surface area (Å²) in [6, 6.07) is 10.2. The number of hydrogen-bond acceptors (Lipinski definition) is 6. The second kappa shape index (κ2) is 8.73. The van der Waals surface area contributed by atoms with Gasteiger partial charge in [-0.15, -0.1) is 5.10 Å². The molecule has 1 aromatic carbocycles. The molecule has 2 aromatic heterocycles. The Labute approximate surface area is 190 Å². The number of nitrogens with zero attached hydrogens (tertiary/aromatic N) is 6. The first kappa shape index (κ1) is 21.2. The molecule has 33 heavy (non-hydrogen) atoms. The Balaban J connectivity index is 1.28. The highest BCUT2D eigenvalue weighted by Crippen LogP contribution is 2.24. The summed E-state index contributed by atoms with van der Waals surface area (Å²) in [4.78, 5) is 29.5. The van der Waals surface area contributed by atoms with Gasteiger partial charge in [-0.1, -0.05) is 0 Å². The van der Waals surface area contributed by atoms with Gasteiger partial charge in [-0.05, 0) is 68.1 Å². The molecule has 5 rings (SSSR count). The van der Waals surface area contributed by atoms with Crippen molar-refractivity contribution in [1.82, 2.24) is 24.9 Å². The number of halogens is 1. The molecule has 0 spiro atoms. The minimum absolute atomic E-state index is 0.152. The van der Waals surface area contributed by atoms with Crippen LogP contribution in [0.1, 0.15) is 30.6 Å². The zero-order valence-electron chi connectivity index (χ0n) is 18.4. The Morgan fingerprint density at radius 2 is 1.76 bits per heavy atom. The summed E-state index contributed by atoms with van der Waals surface area (Å²) in [5.41, 5.74) is 3.21. The third-order valence-corrected chi connectivity index (χ3v) is 6.41. The molecule has 0 bridgehead atoms. The second-order valence-corrected chi connectivity index (χ2v) is 8.52. The number of piperazine rings is 1. The van der Waals surface area contributed by atoms with Crippen LogP contribution in [0.25, 0.3) is 11.3 Å². The van der Waals surface area contributed by atoms with Gasteiger partial charge in [0.05, 0.1) is 11.4 Å². The van der Waals surface area contributed by atoms with Gasteiger partial charge in [0.2, 0.25) is 5.91 Å². The number of aryl methyl sites for hydroxylation is 2. The SMILES string of the molecule is C[C@@H](C(=O)N1CCN(c2cc3c(nn2)CCC3)CC1)n1nc(-c2ccc(F)cc2)ccc1=O. The molecule has 3 heterocycles. The van der Waals surface area contributed by atoms with E-state index in [9.17, 15) is 14.0 Å². The topological polar surface area (TPSA) is 84.2 Å². The molecule has 1 aliphatic carbocycles. The van der Waals surface area contributed by atoms with E-state index < -0.39 is 6.04 Å². The molecular formula is C24H25FN6O2. The van der Waals surface area contributed by atoms with Crippen LogP contribution in [0.15, 0.2) is 47.3 Å². The van der Waals surface area contributed by atoms with Crippen molar-refractivity contribution in [2.45, 2.75) is 32.2 Å². The smallest absolute Gasteiger partial charge is 0.267 e. The van der Waals surface area contributed by atoms with Crippen LogP contribution in [0.3, 0.4) is 0 Å². The molecule has 0 N–H and O–H groups in total. The zero-order chi connectivity index (χ0) is 22.9. The lowest BCUT2D eigenvalue weighted by molar-refractivity contribution is -0.135.